The van der Waals surface area contributed by atoms with Gasteiger partial charge in [0.05, 0.1) is 13.2 Å². The first kappa shape index (κ1) is 12.3. The molecule has 6 nitrogen and oxygen atoms in total. The zero-order valence-electron chi connectivity index (χ0n) is 11.0. The van der Waals surface area contributed by atoms with E-state index >= 15 is 0 Å². The van der Waals surface area contributed by atoms with Gasteiger partial charge in [-0.3, -0.25) is 5.43 Å². The van der Waals surface area contributed by atoms with Gasteiger partial charge < -0.3 is 9.64 Å². The highest BCUT2D eigenvalue weighted by Crippen LogP contribution is 2.16. The van der Waals surface area contributed by atoms with Crippen molar-refractivity contribution in [3.63, 3.8) is 0 Å². The van der Waals surface area contributed by atoms with Crippen LogP contribution >= 0.6 is 0 Å². The Hall–Kier alpha value is -1.69. The van der Waals surface area contributed by atoms with Crippen LogP contribution in [0.3, 0.4) is 0 Å². The zero-order valence-corrected chi connectivity index (χ0v) is 11.0. The van der Waals surface area contributed by atoms with Gasteiger partial charge in [-0.25, -0.2) is 0 Å². The Labute approximate surface area is 112 Å². The van der Waals surface area contributed by atoms with E-state index in [4.69, 9.17) is 4.74 Å². The lowest BCUT2D eigenvalue weighted by Gasteiger charge is -2.27. The molecule has 1 aromatic rings. The van der Waals surface area contributed by atoms with E-state index in [-0.39, 0.29) is 0 Å². The maximum atomic E-state index is 5.32. The quantitative estimate of drug-likeness (QED) is 0.838. The van der Waals surface area contributed by atoms with Gasteiger partial charge in [0.1, 0.15) is 0 Å². The summed E-state index contributed by atoms with van der Waals surface area (Å²) < 4.78 is 5.32. The summed E-state index contributed by atoms with van der Waals surface area (Å²) in [7, 11) is 0. The number of nitrogens with zero attached hydrogens (tertiary/aromatic N) is 4. The Morgan fingerprint density at radius 1 is 1.11 bits per heavy atom. The van der Waals surface area contributed by atoms with E-state index in [1.54, 1.807) is 0 Å². The van der Waals surface area contributed by atoms with Gasteiger partial charge in [0.15, 0.2) is 11.6 Å². The average Bonchev–Trinajstić information content (AvgIpc) is 3.00. The van der Waals surface area contributed by atoms with E-state index in [1.807, 2.05) is 12.1 Å². The van der Waals surface area contributed by atoms with Crippen molar-refractivity contribution in [2.24, 2.45) is 5.10 Å². The molecular formula is C13H19N5O. The molecule has 1 saturated heterocycles. The topological polar surface area (TPSA) is 62.6 Å². The van der Waals surface area contributed by atoms with E-state index in [0.717, 1.165) is 45.0 Å². The van der Waals surface area contributed by atoms with Crippen LogP contribution in [0.15, 0.2) is 17.2 Å². The predicted octanol–water partition coefficient (Wildman–Crippen LogP) is 1.66. The van der Waals surface area contributed by atoms with E-state index in [1.165, 1.54) is 18.6 Å². The largest absolute Gasteiger partial charge is 0.378 e. The number of ether oxygens (including phenoxy) is 1. The fraction of sp³-hybridized carbons (Fsp3) is 0.615. The van der Waals surface area contributed by atoms with Crippen LogP contribution in [0.1, 0.15) is 25.7 Å². The van der Waals surface area contributed by atoms with Crippen molar-refractivity contribution in [1.82, 2.24) is 10.2 Å². The summed E-state index contributed by atoms with van der Waals surface area (Å²) in [6, 6.07) is 3.91. The molecule has 1 saturated carbocycles. The third-order valence-corrected chi connectivity index (χ3v) is 3.49. The molecule has 0 bridgehead atoms. The molecule has 0 unspecified atom stereocenters. The first-order valence-electron chi connectivity index (χ1n) is 6.90. The van der Waals surface area contributed by atoms with E-state index in [9.17, 15) is 0 Å². The first-order valence-corrected chi connectivity index (χ1v) is 6.90. The third kappa shape index (κ3) is 3.20. The van der Waals surface area contributed by atoms with Crippen molar-refractivity contribution >= 4 is 17.3 Å². The molecule has 0 spiro atoms. The standard InChI is InChI=1S/C13H19N5O/c1-2-4-11(3-1)14-15-12-5-6-13(17-16-12)18-7-9-19-10-8-18/h5-6H,1-4,7-10H2,(H,15,16). The maximum absolute atomic E-state index is 5.32. The molecule has 19 heavy (non-hydrogen) atoms. The van der Waals surface area contributed by atoms with Crippen molar-refractivity contribution < 1.29 is 4.74 Å². The number of hydrogen-bond acceptors (Lipinski definition) is 6. The van der Waals surface area contributed by atoms with Crippen LogP contribution < -0.4 is 10.3 Å². The number of anilines is 2. The lowest BCUT2D eigenvalue weighted by molar-refractivity contribution is 0.122. The van der Waals surface area contributed by atoms with Gasteiger partial charge in [0.25, 0.3) is 0 Å². The number of hydrogen-bond donors (Lipinski definition) is 1. The minimum atomic E-state index is 0.705. The highest BCUT2D eigenvalue weighted by Gasteiger charge is 2.12. The molecule has 2 aliphatic rings. The van der Waals surface area contributed by atoms with E-state index < -0.39 is 0 Å². The summed E-state index contributed by atoms with van der Waals surface area (Å²) in [5, 5.41) is 12.8. The molecule has 1 aliphatic heterocycles. The fourth-order valence-electron chi connectivity index (χ4n) is 2.38. The molecule has 0 amide bonds. The summed E-state index contributed by atoms with van der Waals surface area (Å²) in [6.07, 6.45) is 4.71. The van der Waals surface area contributed by atoms with Crippen molar-refractivity contribution in [1.29, 1.82) is 0 Å². The highest BCUT2D eigenvalue weighted by atomic mass is 16.5. The van der Waals surface area contributed by atoms with Crippen LogP contribution in [0.2, 0.25) is 0 Å². The van der Waals surface area contributed by atoms with E-state index in [0.29, 0.717) is 5.82 Å². The Kier molecular flexibility index (Phi) is 3.88. The lowest BCUT2D eigenvalue weighted by Crippen LogP contribution is -2.36. The first-order chi connectivity index (χ1) is 9.42. The Morgan fingerprint density at radius 2 is 1.89 bits per heavy atom. The monoisotopic (exact) mass is 261 g/mol. The number of nitrogens with one attached hydrogen (secondary N) is 1. The molecule has 3 rings (SSSR count). The van der Waals surface area contributed by atoms with Gasteiger partial charge >= 0.3 is 0 Å². The smallest absolute Gasteiger partial charge is 0.168 e. The summed E-state index contributed by atoms with van der Waals surface area (Å²) >= 11 is 0. The summed E-state index contributed by atoms with van der Waals surface area (Å²) in [5.41, 5.74) is 4.22. The van der Waals surface area contributed by atoms with Crippen LogP contribution in [0, 0.1) is 0 Å². The molecule has 0 radical (unpaired) electrons. The second-order valence-corrected chi connectivity index (χ2v) is 4.87. The summed E-state index contributed by atoms with van der Waals surface area (Å²) in [6.45, 7) is 3.28. The minimum absolute atomic E-state index is 0.705. The summed E-state index contributed by atoms with van der Waals surface area (Å²) in [5.74, 6) is 1.61. The van der Waals surface area contributed by atoms with Crippen molar-refractivity contribution in [3.8, 4) is 0 Å². The maximum Gasteiger partial charge on any atom is 0.168 e. The minimum Gasteiger partial charge on any atom is -0.378 e. The zero-order chi connectivity index (χ0) is 12.9. The van der Waals surface area contributed by atoms with Gasteiger partial charge in [-0.05, 0) is 37.8 Å². The van der Waals surface area contributed by atoms with Crippen molar-refractivity contribution in [2.75, 3.05) is 36.6 Å². The van der Waals surface area contributed by atoms with Gasteiger partial charge in [0, 0.05) is 18.8 Å². The Morgan fingerprint density at radius 3 is 2.58 bits per heavy atom. The summed E-state index contributed by atoms with van der Waals surface area (Å²) in [4.78, 5) is 2.18. The molecule has 0 atom stereocenters. The molecule has 2 heterocycles. The number of aromatic nitrogens is 2. The van der Waals surface area contributed by atoms with Crippen molar-refractivity contribution in [2.45, 2.75) is 25.7 Å². The van der Waals surface area contributed by atoms with Crippen molar-refractivity contribution in [3.05, 3.63) is 12.1 Å². The molecule has 0 aromatic carbocycles. The van der Waals surface area contributed by atoms with E-state index in [2.05, 4.69) is 25.6 Å². The second-order valence-electron chi connectivity index (χ2n) is 4.87. The van der Waals surface area contributed by atoms with Crippen LogP contribution in [-0.4, -0.2) is 42.2 Å². The number of rotatable bonds is 3. The molecule has 6 heteroatoms. The van der Waals surface area contributed by atoms with Gasteiger partial charge in [-0.2, -0.15) is 5.10 Å². The van der Waals surface area contributed by atoms with Crippen LogP contribution in [0.4, 0.5) is 11.6 Å². The molecule has 102 valence electrons. The highest BCUT2D eigenvalue weighted by molar-refractivity contribution is 5.86. The Balaban J connectivity index is 1.60. The molecule has 1 N–H and O–H groups in total. The van der Waals surface area contributed by atoms with Gasteiger partial charge in [-0.15, -0.1) is 10.2 Å². The van der Waals surface area contributed by atoms with Gasteiger partial charge in [-0.1, -0.05) is 0 Å². The molecule has 2 fully saturated rings. The fourth-order valence-corrected chi connectivity index (χ4v) is 2.38. The van der Waals surface area contributed by atoms with Gasteiger partial charge in [0.2, 0.25) is 0 Å². The predicted molar refractivity (Wildman–Crippen MR) is 74.6 cm³/mol. The van der Waals surface area contributed by atoms with Crippen LogP contribution in [-0.2, 0) is 4.74 Å². The Bertz CT molecular complexity index is 431. The number of morpholine rings is 1. The third-order valence-electron chi connectivity index (χ3n) is 3.49. The molecular weight excluding hydrogens is 242 g/mol. The normalized spacial score (nSPS) is 19.6. The second kappa shape index (κ2) is 5.97. The number of hydrazone groups is 1. The lowest BCUT2D eigenvalue weighted by atomic mass is 10.3. The van der Waals surface area contributed by atoms with Crippen LogP contribution in [0.5, 0.6) is 0 Å². The molecule has 1 aliphatic carbocycles. The average molecular weight is 261 g/mol. The molecule has 1 aromatic heterocycles. The SMILES string of the molecule is c1cc(N2CCOCC2)nnc1NN=C1CCCC1. The van der Waals surface area contributed by atoms with Crippen LogP contribution in [0.25, 0.3) is 0 Å².